The normalized spacial score (nSPS) is 23.4. The Balaban J connectivity index is 1.62. The first kappa shape index (κ1) is 17.2. The number of β-amino-alcohol motifs (C(OH)–C–C–N with tert-alkyl or cyclic N) is 1. The molecule has 26 heavy (non-hydrogen) atoms. The summed E-state index contributed by atoms with van der Waals surface area (Å²) in [5.74, 6) is 0.676. The summed E-state index contributed by atoms with van der Waals surface area (Å²) in [4.78, 5) is 21.6. The van der Waals surface area contributed by atoms with E-state index in [-0.39, 0.29) is 23.7 Å². The molecular weight excluding hydrogens is 333 g/mol. The number of nitrogens with zero attached hydrogens (tertiary/aromatic N) is 3. The van der Waals surface area contributed by atoms with E-state index in [2.05, 4.69) is 9.88 Å². The van der Waals surface area contributed by atoms with E-state index < -0.39 is 0 Å². The molecule has 0 unspecified atom stereocenters. The lowest BCUT2D eigenvalue weighted by molar-refractivity contribution is -0.145. The summed E-state index contributed by atoms with van der Waals surface area (Å²) in [6, 6.07) is 6.71. The quantitative estimate of drug-likeness (QED) is 0.917. The maximum Gasteiger partial charge on any atom is 0.230 e. The van der Waals surface area contributed by atoms with Gasteiger partial charge in [0.15, 0.2) is 0 Å². The van der Waals surface area contributed by atoms with Crippen molar-refractivity contribution in [3.63, 3.8) is 0 Å². The SMILES string of the molecule is Cc1cc(N2CC[C@]3(CCCN(CCO)C3=O)C2)nc2cc(F)ccc12. The van der Waals surface area contributed by atoms with Crippen LogP contribution < -0.4 is 4.90 Å². The number of rotatable bonds is 3. The van der Waals surface area contributed by atoms with E-state index in [4.69, 9.17) is 0 Å². The Bertz CT molecular complexity index is 854. The van der Waals surface area contributed by atoms with Gasteiger partial charge in [-0.25, -0.2) is 9.37 Å². The van der Waals surface area contributed by atoms with Crippen LogP contribution in [0.2, 0.25) is 0 Å². The van der Waals surface area contributed by atoms with Crippen molar-refractivity contribution in [2.75, 3.05) is 37.7 Å². The molecule has 2 aliphatic heterocycles. The number of anilines is 1. The first-order valence-corrected chi connectivity index (χ1v) is 9.24. The number of hydrogen-bond donors (Lipinski definition) is 1. The summed E-state index contributed by atoms with van der Waals surface area (Å²) in [6.45, 7) is 4.56. The number of fused-ring (bicyclic) bond motifs is 1. The molecule has 0 bridgehead atoms. The molecule has 0 saturated carbocycles. The maximum atomic E-state index is 13.6. The van der Waals surface area contributed by atoms with Crippen molar-refractivity contribution in [1.29, 1.82) is 0 Å². The van der Waals surface area contributed by atoms with Gasteiger partial charge in [0, 0.05) is 37.6 Å². The van der Waals surface area contributed by atoms with Gasteiger partial charge in [0.05, 0.1) is 17.5 Å². The summed E-state index contributed by atoms with van der Waals surface area (Å²) >= 11 is 0. The van der Waals surface area contributed by atoms with Crippen molar-refractivity contribution in [3.8, 4) is 0 Å². The van der Waals surface area contributed by atoms with Crippen LogP contribution >= 0.6 is 0 Å². The fourth-order valence-corrected chi connectivity index (χ4v) is 4.45. The summed E-state index contributed by atoms with van der Waals surface area (Å²) in [5.41, 5.74) is 1.33. The Morgan fingerprint density at radius 3 is 2.92 bits per heavy atom. The summed E-state index contributed by atoms with van der Waals surface area (Å²) < 4.78 is 13.6. The van der Waals surface area contributed by atoms with Crippen molar-refractivity contribution in [1.82, 2.24) is 9.88 Å². The second-order valence-corrected chi connectivity index (χ2v) is 7.53. The monoisotopic (exact) mass is 357 g/mol. The third-order valence-electron chi connectivity index (χ3n) is 5.84. The highest BCUT2D eigenvalue weighted by Crippen LogP contribution is 2.41. The molecular formula is C20H24FN3O2. The lowest BCUT2D eigenvalue weighted by Gasteiger charge is -2.39. The molecule has 1 aromatic carbocycles. The molecule has 5 nitrogen and oxygen atoms in total. The minimum atomic E-state index is -0.375. The number of aryl methyl sites for hydroxylation is 1. The Kier molecular flexibility index (Phi) is 4.31. The highest BCUT2D eigenvalue weighted by molar-refractivity contribution is 5.86. The Labute approximate surface area is 152 Å². The van der Waals surface area contributed by atoms with Gasteiger partial charge in [0.25, 0.3) is 0 Å². The van der Waals surface area contributed by atoms with Gasteiger partial charge < -0.3 is 14.9 Å². The van der Waals surface area contributed by atoms with Crippen LogP contribution in [0.4, 0.5) is 10.2 Å². The van der Waals surface area contributed by atoms with E-state index in [1.807, 2.05) is 13.0 Å². The highest BCUT2D eigenvalue weighted by Gasteiger charge is 2.48. The number of benzene rings is 1. The fourth-order valence-electron chi connectivity index (χ4n) is 4.45. The van der Waals surface area contributed by atoms with Crippen LogP contribution in [-0.2, 0) is 4.79 Å². The van der Waals surface area contributed by atoms with Crippen molar-refractivity contribution in [3.05, 3.63) is 35.6 Å². The maximum absolute atomic E-state index is 13.6. The zero-order chi connectivity index (χ0) is 18.3. The largest absolute Gasteiger partial charge is 0.395 e. The number of carbonyl (C=O) groups is 1. The molecule has 2 aromatic rings. The number of carbonyl (C=O) groups excluding carboxylic acids is 1. The van der Waals surface area contributed by atoms with Crippen LogP contribution in [0.3, 0.4) is 0 Å². The summed E-state index contributed by atoms with van der Waals surface area (Å²) in [7, 11) is 0. The molecule has 3 heterocycles. The van der Waals surface area contributed by atoms with Crippen LogP contribution in [0.1, 0.15) is 24.8 Å². The molecule has 1 spiro atoms. The van der Waals surface area contributed by atoms with Gasteiger partial charge >= 0.3 is 0 Å². The molecule has 4 rings (SSSR count). The molecule has 1 atom stereocenters. The lowest BCUT2D eigenvalue weighted by Crippen LogP contribution is -2.50. The molecule has 2 fully saturated rings. The standard InChI is InChI=1S/C20H24FN3O2/c1-14-11-18(22-17-12-15(21)3-4-16(14)17)24-8-6-20(13-24)5-2-7-23(9-10-25)19(20)26/h3-4,11-12,25H,2,5-10,13H2,1H3/t20-/m1/s1. The van der Waals surface area contributed by atoms with Crippen molar-refractivity contribution in [2.45, 2.75) is 26.2 Å². The zero-order valence-corrected chi connectivity index (χ0v) is 15.0. The molecule has 1 N–H and O–H groups in total. The van der Waals surface area contributed by atoms with E-state index in [9.17, 15) is 14.3 Å². The van der Waals surface area contributed by atoms with E-state index in [1.165, 1.54) is 12.1 Å². The van der Waals surface area contributed by atoms with E-state index in [1.54, 1.807) is 11.0 Å². The molecule has 1 aromatic heterocycles. The van der Waals surface area contributed by atoms with Gasteiger partial charge in [-0.2, -0.15) is 0 Å². The van der Waals surface area contributed by atoms with Gasteiger partial charge in [-0.05, 0) is 49.9 Å². The first-order valence-electron chi connectivity index (χ1n) is 9.24. The van der Waals surface area contributed by atoms with Crippen LogP contribution in [-0.4, -0.2) is 53.7 Å². The van der Waals surface area contributed by atoms with Gasteiger partial charge in [-0.15, -0.1) is 0 Å². The number of aliphatic hydroxyl groups excluding tert-OH is 1. The number of aliphatic hydroxyl groups is 1. The summed E-state index contributed by atoms with van der Waals surface area (Å²) in [5, 5.41) is 10.2. The molecule has 0 aliphatic carbocycles. The average Bonchev–Trinajstić information content (AvgIpc) is 3.04. The van der Waals surface area contributed by atoms with Gasteiger partial charge in [-0.1, -0.05) is 0 Å². The number of aromatic nitrogens is 1. The zero-order valence-electron chi connectivity index (χ0n) is 15.0. The Morgan fingerprint density at radius 1 is 1.27 bits per heavy atom. The number of likely N-dealkylation sites (tertiary alicyclic amines) is 1. The summed E-state index contributed by atoms with van der Waals surface area (Å²) in [6.07, 6.45) is 2.65. The predicted octanol–water partition coefficient (Wildman–Crippen LogP) is 2.49. The van der Waals surface area contributed by atoms with Gasteiger partial charge in [0.1, 0.15) is 11.6 Å². The minimum absolute atomic E-state index is 0.00250. The Morgan fingerprint density at radius 2 is 2.12 bits per heavy atom. The minimum Gasteiger partial charge on any atom is -0.395 e. The lowest BCUT2D eigenvalue weighted by atomic mass is 9.78. The number of amides is 1. The smallest absolute Gasteiger partial charge is 0.230 e. The number of pyridine rings is 1. The van der Waals surface area contributed by atoms with E-state index in [0.717, 1.165) is 49.1 Å². The van der Waals surface area contributed by atoms with Crippen LogP contribution in [0, 0.1) is 18.2 Å². The second-order valence-electron chi connectivity index (χ2n) is 7.53. The second kappa shape index (κ2) is 6.50. The molecule has 6 heteroatoms. The predicted molar refractivity (Wildman–Crippen MR) is 98.6 cm³/mol. The average molecular weight is 357 g/mol. The number of hydrogen-bond acceptors (Lipinski definition) is 4. The van der Waals surface area contributed by atoms with E-state index >= 15 is 0 Å². The van der Waals surface area contributed by atoms with Crippen molar-refractivity contribution >= 4 is 22.6 Å². The first-order chi connectivity index (χ1) is 12.5. The highest BCUT2D eigenvalue weighted by atomic mass is 19.1. The van der Waals surface area contributed by atoms with Crippen molar-refractivity contribution in [2.24, 2.45) is 5.41 Å². The third-order valence-corrected chi connectivity index (χ3v) is 5.84. The number of piperidine rings is 1. The fraction of sp³-hybridized carbons (Fsp3) is 0.500. The molecule has 138 valence electrons. The topological polar surface area (TPSA) is 56.7 Å². The molecule has 2 saturated heterocycles. The van der Waals surface area contributed by atoms with Crippen LogP contribution in [0.5, 0.6) is 0 Å². The van der Waals surface area contributed by atoms with E-state index in [0.29, 0.717) is 18.6 Å². The van der Waals surface area contributed by atoms with Gasteiger partial charge in [0.2, 0.25) is 5.91 Å². The number of halogens is 1. The van der Waals surface area contributed by atoms with Gasteiger partial charge in [-0.3, -0.25) is 4.79 Å². The third kappa shape index (κ3) is 2.82. The van der Waals surface area contributed by atoms with Crippen LogP contribution in [0.25, 0.3) is 10.9 Å². The van der Waals surface area contributed by atoms with Crippen molar-refractivity contribution < 1.29 is 14.3 Å². The molecule has 2 aliphatic rings. The molecule has 1 amide bonds. The van der Waals surface area contributed by atoms with Crippen LogP contribution in [0.15, 0.2) is 24.3 Å². The Hall–Kier alpha value is -2.21. The molecule has 0 radical (unpaired) electrons.